The van der Waals surface area contributed by atoms with Gasteiger partial charge < -0.3 is 15.6 Å². The molecular weight excluding hydrogens is 536 g/mol. The number of rotatable bonds is 6. The summed E-state index contributed by atoms with van der Waals surface area (Å²) in [4.78, 5) is 3.63. The molecule has 0 amide bonds. The van der Waals surface area contributed by atoms with Crippen LogP contribution in [0.4, 0.5) is 11.4 Å². The van der Waals surface area contributed by atoms with Crippen molar-refractivity contribution in [2.75, 3.05) is 5.32 Å². The Hall–Kier alpha value is -5.32. The van der Waals surface area contributed by atoms with E-state index in [1.807, 2.05) is 0 Å². The van der Waals surface area contributed by atoms with Gasteiger partial charge >= 0.3 is 0 Å². The van der Waals surface area contributed by atoms with Gasteiger partial charge in [0.05, 0.1) is 6.04 Å². The molecule has 214 valence electrons. The zero-order valence-electron chi connectivity index (χ0n) is 24.4. The van der Waals surface area contributed by atoms with Crippen LogP contribution in [-0.2, 0) is 0 Å². The van der Waals surface area contributed by atoms with Crippen LogP contribution in [0, 0.1) is 0 Å². The zero-order chi connectivity index (χ0) is 29.3. The number of benzene rings is 5. The van der Waals surface area contributed by atoms with Crippen LogP contribution in [0.1, 0.15) is 46.8 Å². The summed E-state index contributed by atoms with van der Waals surface area (Å²) in [5, 5.41) is 13.9. The Morgan fingerprint density at radius 2 is 1.43 bits per heavy atom. The van der Waals surface area contributed by atoms with E-state index < -0.39 is 0 Å². The van der Waals surface area contributed by atoms with E-state index in [0.29, 0.717) is 5.92 Å². The second-order valence-electron chi connectivity index (χ2n) is 11.6. The summed E-state index contributed by atoms with van der Waals surface area (Å²) in [7, 11) is 0. The predicted octanol–water partition coefficient (Wildman–Crippen LogP) is 9.64. The highest BCUT2D eigenvalue weighted by molar-refractivity contribution is 6.08. The van der Waals surface area contributed by atoms with Crippen LogP contribution in [0.15, 0.2) is 152 Å². The van der Waals surface area contributed by atoms with Gasteiger partial charge in [-0.15, -0.1) is 0 Å². The number of fused-ring (bicyclic) bond motifs is 3. The molecule has 0 saturated carbocycles. The molecule has 4 heteroatoms. The van der Waals surface area contributed by atoms with Gasteiger partial charge in [-0.05, 0) is 65.1 Å². The second kappa shape index (κ2) is 11.4. The first-order valence-electron chi connectivity index (χ1n) is 15.4. The van der Waals surface area contributed by atoms with E-state index in [1.165, 1.54) is 38.5 Å². The summed E-state index contributed by atoms with van der Waals surface area (Å²) >= 11 is 0. The first-order chi connectivity index (χ1) is 21.8. The molecule has 8 rings (SSSR count). The summed E-state index contributed by atoms with van der Waals surface area (Å²) in [5.41, 5.74) is 10.6. The van der Waals surface area contributed by atoms with Crippen molar-refractivity contribution in [3.8, 4) is 0 Å². The molecule has 5 aromatic carbocycles. The lowest BCUT2D eigenvalue weighted by Gasteiger charge is -2.33. The van der Waals surface area contributed by atoms with Crippen molar-refractivity contribution in [1.29, 1.82) is 0 Å². The van der Waals surface area contributed by atoms with E-state index >= 15 is 0 Å². The van der Waals surface area contributed by atoms with Crippen LogP contribution in [-0.4, -0.2) is 4.98 Å². The Labute approximate surface area is 257 Å². The molecule has 3 atom stereocenters. The van der Waals surface area contributed by atoms with Gasteiger partial charge in [0, 0.05) is 44.8 Å². The fourth-order valence-corrected chi connectivity index (χ4v) is 6.52. The minimum absolute atomic E-state index is 0.0353. The fraction of sp³-hybridized carbons (Fsp3) is 0.100. The molecule has 0 saturated heterocycles. The number of allylic oxidation sites excluding steroid dienone is 4. The smallest absolute Gasteiger partial charge is 0.104 e. The third-order valence-electron chi connectivity index (χ3n) is 8.80. The maximum atomic E-state index is 3.81. The molecule has 0 fully saturated rings. The van der Waals surface area contributed by atoms with Crippen molar-refractivity contribution in [3.05, 3.63) is 174 Å². The molecule has 2 heterocycles. The van der Waals surface area contributed by atoms with Gasteiger partial charge in [0.1, 0.15) is 6.17 Å². The van der Waals surface area contributed by atoms with E-state index in [2.05, 4.69) is 173 Å². The lowest BCUT2D eigenvalue weighted by molar-refractivity contribution is 0.443. The summed E-state index contributed by atoms with van der Waals surface area (Å²) in [6.07, 6.45) is 12.1. The summed E-state index contributed by atoms with van der Waals surface area (Å²) < 4.78 is 0. The first kappa shape index (κ1) is 26.3. The Bertz CT molecular complexity index is 2020. The van der Waals surface area contributed by atoms with Crippen molar-refractivity contribution < 1.29 is 0 Å². The van der Waals surface area contributed by atoms with Crippen molar-refractivity contribution in [3.63, 3.8) is 0 Å². The normalized spacial score (nSPS) is 19.5. The Balaban J connectivity index is 1.11. The van der Waals surface area contributed by atoms with Crippen LogP contribution in [0.3, 0.4) is 0 Å². The molecule has 2 unspecified atom stereocenters. The molecule has 1 aliphatic carbocycles. The topological polar surface area (TPSA) is 51.9 Å². The van der Waals surface area contributed by atoms with Gasteiger partial charge in [0.2, 0.25) is 0 Å². The maximum Gasteiger partial charge on any atom is 0.104 e. The van der Waals surface area contributed by atoms with E-state index in [9.17, 15) is 0 Å². The van der Waals surface area contributed by atoms with E-state index in [1.54, 1.807) is 0 Å². The van der Waals surface area contributed by atoms with Crippen LogP contribution < -0.4 is 16.0 Å². The average molecular weight is 571 g/mol. The van der Waals surface area contributed by atoms with Gasteiger partial charge in [-0.3, -0.25) is 5.32 Å². The number of anilines is 2. The summed E-state index contributed by atoms with van der Waals surface area (Å²) in [6, 6.07) is 43.3. The van der Waals surface area contributed by atoms with Crippen LogP contribution in [0.25, 0.3) is 27.5 Å². The molecule has 0 bridgehead atoms. The first-order valence-corrected chi connectivity index (χ1v) is 15.4. The van der Waals surface area contributed by atoms with Gasteiger partial charge in [-0.1, -0.05) is 115 Å². The number of H-pyrrole nitrogens is 1. The zero-order valence-corrected chi connectivity index (χ0v) is 24.4. The highest BCUT2D eigenvalue weighted by Crippen LogP contribution is 2.38. The maximum absolute atomic E-state index is 3.81. The van der Waals surface area contributed by atoms with Gasteiger partial charge in [0.15, 0.2) is 0 Å². The summed E-state index contributed by atoms with van der Waals surface area (Å²) in [5.74, 6) is 0.327. The molecule has 4 N–H and O–H groups in total. The lowest BCUT2D eigenvalue weighted by atomic mass is 9.90. The van der Waals surface area contributed by atoms with Crippen molar-refractivity contribution in [1.82, 2.24) is 15.6 Å². The van der Waals surface area contributed by atoms with E-state index in [-0.39, 0.29) is 12.2 Å². The standard InChI is InChI=1S/C40H34N4/c1-4-12-27(13-5-1)33-24-34-32-18-10-11-19-35(32)42-39(34)26-38(33)41-31-22-20-30(21-23-31)40-43-36(28-14-6-2-7-15-28)25-37(44-40)29-16-8-3-9-17-29/h1-12,14-27,36,40-44H,13H2/t27-,36?,40?/m0/s1. The third-order valence-corrected chi connectivity index (χ3v) is 8.80. The summed E-state index contributed by atoms with van der Waals surface area (Å²) in [6.45, 7) is 0. The van der Waals surface area contributed by atoms with Crippen molar-refractivity contribution in [2.45, 2.75) is 24.5 Å². The fourth-order valence-electron chi connectivity index (χ4n) is 6.52. The molecular formula is C40H34N4. The minimum atomic E-state index is -0.0353. The van der Waals surface area contributed by atoms with Crippen LogP contribution >= 0.6 is 0 Å². The molecule has 6 aromatic rings. The minimum Gasteiger partial charge on any atom is -0.366 e. The number of nitrogens with one attached hydrogen (secondary N) is 4. The van der Waals surface area contributed by atoms with Gasteiger partial charge in [0.25, 0.3) is 0 Å². The predicted molar refractivity (Wildman–Crippen MR) is 184 cm³/mol. The monoisotopic (exact) mass is 570 g/mol. The number of para-hydroxylation sites is 1. The third kappa shape index (κ3) is 5.10. The molecule has 2 aliphatic rings. The van der Waals surface area contributed by atoms with Gasteiger partial charge in [-0.25, -0.2) is 0 Å². The van der Waals surface area contributed by atoms with Crippen LogP contribution in [0.2, 0.25) is 0 Å². The molecule has 0 radical (unpaired) electrons. The highest BCUT2D eigenvalue weighted by atomic mass is 15.2. The van der Waals surface area contributed by atoms with Crippen LogP contribution in [0.5, 0.6) is 0 Å². The quantitative estimate of drug-likeness (QED) is 0.161. The lowest BCUT2D eigenvalue weighted by Crippen LogP contribution is -2.39. The number of aromatic nitrogens is 1. The molecule has 4 nitrogen and oxygen atoms in total. The molecule has 1 aromatic heterocycles. The average Bonchev–Trinajstić information content (AvgIpc) is 3.46. The largest absolute Gasteiger partial charge is 0.366 e. The molecule has 1 aliphatic heterocycles. The Morgan fingerprint density at radius 3 is 2.23 bits per heavy atom. The number of hydrogen-bond donors (Lipinski definition) is 4. The van der Waals surface area contributed by atoms with Crippen molar-refractivity contribution >= 4 is 38.9 Å². The Kier molecular flexibility index (Phi) is 6.82. The SMILES string of the molecule is C1=CC[C@@H](c2cc3c(cc2Nc2ccc(C4NC(c5ccccc5)=CC(c5ccccc5)N4)cc2)[nH]c2ccccc23)C=C1. The van der Waals surface area contributed by atoms with E-state index in [4.69, 9.17) is 0 Å². The van der Waals surface area contributed by atoms with E-state index in [0.717, 1.165) is 29.0 Å². The van der Waals surface area contributed by atoms with Crippen molar-refractivity contribution in [2.24, 2.45) is 0 Å². The number of hydrogen-bond acceptors (Lipinski definition) is 3. The highest BCUT2D eigenvalue weighted by Gasteiger charge is 2.24. The second-order valence-corrected chi connectivity index (χ2v) is 11.6. The molecule has 0 spiro atoms. The van der Waals surface area contributed by atoms with Gasteiger partial charge in [-0.2, -0.15) is 0 Å². The Morgan fingerprint density at radius 1 is 0.659 bits per heavy atom. The number of aromatic amines is 1. The molecule has 44 heavy (non-hydrogen) atoms.